The van der Waals surface area contributed by atoms with Crippen LogP contribution in [0.1, 0.15) is 29.5 Å². The van der Waals surface area contributed by atoms with Crippen LogP contribution in [0.4, 0.5) is 0 Å². The standard InChI is InChI=1S/C20H20N2O3/c1-3-15-8-10-17(11-9-15)20-21-18(25-22-20)13-24-19(23)12-16-6-4-14(2)5-7-16/h4-11H,3,12-13H2,1-2H3. The zero-order valence-electron chi connectivity index (χ0n) is 14.4. The fraction of sp³-hybridized carbons (Fsp3) is 0.250. The minimum atomic E-state index is -0.323. The summed E-state index contributed by atoms with van der Waals surface area (Å²) in [7, 11) is 0. The lowest BCUT2D eigenvalue weighted by Gasteiger charge is -2.02. The van der Waals surface area contributed by atoms with Gasteiger partial charge in [-0.25, -0.2) is 0 Å². The molecule has 0 bridgehead atoms. The van der Waals surface area contributed by atoms with E-state index in [0.29, 0.717) is 5.82 Å². The highest BCUT2D eigenvalue weighted by atomic mass is 16.6. The molecule has 0 spiro atoms. The number of hydrogen-bond acceptors (Lipinski definition) is 5. The Hall–Kier alpha value is -2.95. The Kier molecular flexibility index (Phi) is 5.23. The molecule has 3 aromatic rings. The molecule has 1 heterocycles. The molecule has 0 radical (unpaired) electrons. The molecule has 5 nitrogen and oxygen atoms in total. The van der Waals surface area contributed by atoms with Crippen LogP contribution in [0.3, 0.4) is 0 Å². The minimum absolute atomic E-state index is 0.0231. The van der Waals surface area contributed by atoms with E-state index in [2.05, 4.69) is 17.1 Å². The van der Waals surface area contributed by atoms with Gasteiger partial charge in [0.25, 0.3) is 5.89 Å². The van der Waals surface area contributed by atoms with E-state index in [-0.39, 0.29) is 24.9 Å². The highest BCUT2D eigenvalue weighted by molar-refractivity contribution is 5.72. The molecular formula is C20H20N2O3. The number of carbonyl (C=O) groups is 1. The van der Waals surface area contributed by atoms with Gasteiger partial charge in [-0.15, -0.1) is 0 Å². The highest BCUT2D eigenvalue weighted by Gasteiger charge is 2.11. The molecule has 128 valence electrons. The van der Waals surface area contributed by atoms with Gasteiger partial charge in [0.1, 0.15) is 0 Å². The molecule has 0 unspecified atom stereocenters. The summed E-state index contributed by atoms with van der Waals surface area (Å²) in [4.78, 5) is 16.2. The summed E-state index contributed by atoms with van der Waals surface area (Å²) in [5, 5.41) is 3.94. The Balaban J connectivity index is 1.55. The number of esters is 1. The van der Waals surface area contributed by atoms with Crippen molar-refractivity contribution < 1.29 is 14.1 Å². The molecule has 0 aliphatic heterocycles. The summed E-state index contributed by atoms with van der Waals surface area (Å²) >= 11 is 0. The van der Waals surface area contributed by atoms with Gasteiger partial charge in [-0.3, -0.25) is 4.79 Å². The van der Waals surface area contributed by atoms with Crippen LogP contribution in [0.2, 0.25) is 0 Å². The van der Waals surface area contributed by atoms with Crippen LogP contribution in [-0.4, -0.2) is 16.1 Å². The second kappa shape index (κ2) is 7.75. The fourth-order valence-electron chi connectivity index (χ4n) is 2.39. The van der Waals surface area contributed by atoms with Gasteiger partial charge in [0.05, 0.1) is 6.42 Å². The molecule has 0 atom stereocenters. The van der Waals surface area contributed by atoms with Crippen LogP contribution in [0, 0.1) is 6.92 Å². The lowest BCUT2D eigenvalue weighted by atomic mass is 10.1. The van der Waals surface area contributed by atoms with Crippen LogP contribution >= 0.6 is 0 Å². The first-order valence-electron chi connectivity index (χ1n) is 8.27. The Morgan fingerprint density at radius 3 is 2.40 bits per heavy atom. The van der Waals surface area contributed by atoms with Crippen LogP contribution in [-0.2, 0) is 29.0 Å². The first-order chi connectivity index (χ1) is 12.1. The Bertz CT molecular complexity index is 836. The van der Waals surface area contributed by atoms with Gasteiger partial charge in [-0.2, -0.15) is 4.98 Å². The SMILES string of the molecule is CCc1ccc(-c2noc(COC(=O)Cc3ccc(C)cc3)n2)cc1. The van der Waals surface area contributed by atoms with Gasteiger partial charge in [-0.05, 0) is 24.5 Å². The molecule has 0 saturated carbocycles. The van der Waals surface area contributed by atoms with Crippen molar-refractivity contribution in [3.05, 3.63) is 71.1 Å². The summed E-state index contributed by atoms with van der Waals surface area (Å²) in [6, 6.07) is 15.8. The van der Waals surface area contributed by atoms with Gasteiger partial charge < -0.3 is 9.26 Å². The molecule has 0 N–H and O–H groups in total. The summed E-state index contributed by atoms with van der Waals surface area (Å²) in [6.07, 6.45) is 1.20. The second-order valence-electron chi connectivity index (χ2n) is 5.89. The number of carbonyl (C=O) groups excluding carboxylic acids is 1. The van der Waals surface area contributed by atoms with E-state index >= 15 is 0 Å². The Labute approximate surface area is 146 Å². The molecule has 0 aliphatic rings. The second-order valence-corrected chi connectivity index (χ2v) is 5.89. The number of ether oxygens (including phenoxy) is 1. The first-order valence-corrected chi connectivity index (χ1v) is 8.27. The number of hydrogen-bond donors (Lipinski definition) is 0. The van der Waals surface area contributed by atoms with Crippen molar-refractivity contribution in [2.24, 2.45) is 0 Å². The predicted octanol–water partition coefficient (Wildman–Crippen LogP) is 3.89. The van der Waals surface area contributed by atoms with Gasteiger partial charge >= 0.3 is 5.97 Å². The number of nitrogens with zero attached hydrogens (tertiary/aromatic N) is 2. The third kappa shape index (κ3) is 4.53. The van der Waals surface area contributed by atoms with Crippen molar-refractivity contribution in [2.75, 3.05) is 0 Å². The fourth-order valence-corrected chi connectivity index (χ4v) is 2.39. The van der Waals surface area contributed by atoms with Crippen molar-refractivity contribution in [3.63, 3.8) is 0 Å². The molecular weight excluding hydrogens is 316 g/mol. The third-order valence-corrected chi connectivity index (χ3v) is 3.91. The van der Waals surface area contributed by atoms with Crippen LogP contribution in [0.25, 0.3) is 11.4 Å². The summed E-state index contributed by atoms with van der Waals surface area (Å²) in [5.74, 6) is 0.454. The smallest absolute Gasteiger partial charge is 0.310 e. The largest absolute Gasteiger partial charge is 0.455 e. The number of benzene rings is 2. The van der Waals surface area contributed by atoms with E-state index in [1.165, 1.54) is 5.56 Å². The molecule has 25 heavy (non-hydrogen) atoms. The molecule has 0 fully saturated rings. The average Bonchev–Trinajstić information content (AvgIpc) is 3.11. The van der Waals surface area contributed by atoms with E-state index in [0.717, 1.165) is 23.1 Å². The van der Waals surface area contributed by atoms with Crippen LogP contribution in [0.15, 0.2) is 53.1 Å². The predicted molar refractivity (Wildman–Crippen MR) is 93.8 cm³/mol. The highest BCUT2D eigenvalue weighted by Crippen LogP contribution is 2.17. The number of aryl methyl sites for hydroxylation is 2. The average molecular weight is 336 g/mol. The van der Waals surface area contributed by atoms with E-state index < -0.39 is 0 Å². The maximum absolute atomic E-state index is 11.9. The van der Waals surface area contributed by atoms with Crippen molar-refractivity contribution in [1.29, 1.82) is 0 Å². The van der Waals surface area contributed by atoms with E-state index in [1.807, 2.05) is 55.5 Å². The molecule has 1 aromatic heterocycles. The topological polar surface area (TPSA) is 65.2 Å². The van der Waals surface area contributed by atoms with Gasteiger partial charge in [0.2, 0.25) is 5.82 Å². The maximum Gasteiger partial charge on any atom is 0.310 e. The monoisotopic (exact) mass is 336 g/mol. The number of aromatic nitrogens is 2. The summed E-state index contributed by atoms with van der Waals surface area (Å²) in [5.41, 5.74) is 4.19. The van der Waals surface area contributed by atoms with E-state index in [1.54, 1.807) is 0 Å². The van der Waals surface area contributed by atoms with Crippen molar-refractivity contribution in [2.45, 2.75) is 33.3 Å². The van der Waals surface area contributed by atoms with Crippen LogP contribution < -0.4 is 0 Å². The molecule has 0 aliphatic carbocycles. The maximum atomic E-state index is 11.9. The molecule has 5 heteroatoms. The zero-order valence-corrected chi connectivity index (χ0v) is 14.4. The van der Waals surface area contributed by atoms with Gasteiger partial charge in [0, 0.05) is 5.56 Å². The third-order valence-electron chi connectivity index (χ3n) is 3.91. The zero-order chi connectivity index (χ0) is 17.6. The number of rotatable bonds is 6. The van der Waals surface area contributed by atoms with Crippen LogP contribution in [0.5, 0.6) is 0 Å². The van der Waals surface area contributed by atoms with Crippen molar-refractivity contribution in [1.82, 2.24) is 10.1 Å². The summed E-state index contributed by atoms with van der Waals surface area (Å²) < 4.78 is 10.4. The Morgan fingerprint density at radius 2 is 1.72 bits per heavy atom. The van der Waals surface area contributed by atoms with E-state index in [4.69, 9.17) is 9.26 Å². The van der Waals surface area contributed by atoms with Crippen molar-refractivity contribution in [3.8, 4) is 11.4 Å². The lowest BCUT2D eigenvalue weighted by Crippen LogP contribution is -2.08. The van der Waals surface area contributed by atoms with Gasteiger partial charge in [0.15, 0.2) is 6.61 Å². The lowest BCUT2D eigenvalue weighted by molar-refractivity contribution is -0.144. The van der Waals surface area contributed by atoms with E-state index in [9.17, 15) is 4.79 Å². The summed E-state index contributed by atoms with van der Waals surface area (Å²) in [6.45, 7) is 4.09. The molecule has 2 aromatic carbocycles. The minimum Gasteiger partial charge on any atom is -0.455 e. The Morgan fingerprint density at radius 1 is 1.04 bits per heavy atom. The first kappa shape index (κ1) is 16.9. The van der Waals surface area contributed by atoms with Crippen molar-refractivity contribution >= 4 is 5.97 Å². The van der Waals surface area contributed by atoms with Gasteiger partial charge in [-0.1, -0.05) is 66.2 Å². The molecule has 3 rings (SSSR count). The molecule has 0 amide bonds. The molecule has 0 saturated heterocycles. The quantitative estimate of drug-likeness (QED) is 0.639. The normalized spacial score (nSPS) is 10.6.